The molecule has 35 heavy (non-hydrogen) atoms. The molecule has 1 fully saturated rings. The summed E-state index contributed by atoms with van der Waals surface area (Å²) >= 11 is 1.37. The number of carbonyl (C=O) groups excluding carboxylic acids is 2. The Kier molecular flexibility index (Phi) is 5.77. The van der Waals surface area contributed by atoms with Gasteiger partial charge in [-0.05, 0) is 48.6 Å². The Morgan fingerprint density at radius 1 is 0.943 bits per heavy atom. The summed E-state index contributed by atoms with van der Waals surface area (Å²) in [5.41, 5.74) is 5.37. The third kappa shape index (κ3) is 4.04. The van der Waals surface area contributed by atoms with E-state index in [0.29, 0.717) is 16.6 Å². The van der Waals surface area contributed by atoms with Crippen molar-refractivity contribution in [3.05, 3.63) is 100 Å². The maximum atomic E-state index is 13.4. The van der Waals surface area contributed by atoms with Gasteiger partial charge in [0.15, 0.2) is 5.13 Å². The van der Waals surface area contributed by atoms with E-state index >= 15 is 0 Å². The number of amides is 1. The lowest BCUT2D eigenvalue weighted by atomic mass is 9.93. The van der Waals surface area contributed by atoms with Crippen LogP contribution in [0.5, 0.6) is 0 Å². The average molecular weight is 483 g/mol. The number of rotatable bonds is 4. The van der Waals surface area contributed by atoms with Crippen molar-refractivity contribution < 1.29 is 14.7 Å². The Morgan fingerprint density at radius 3 is 2.26 bits per heavy atom. The van der Waals surface area contributed by atoms with Crippen molar-refractivity contribution in [1.29, 1.82) is 0 Å². The Balaban J connectivity index is 1.71. The van der Waals surface area contributed by atoms with Gasteiger partial charge in [0, 0.05) is 5.56 Å². The monoisotopic (exact) mass is 482 g/mol. The molecule has 1 saturated heterocycles. The highest BCUT2D eigenvalue weighted by atomic mass is 32.1. The van der Waals surface area contributed by atoms with Crippen molar-refractivity contribution in [2.45, 2.75) is 39.7 Å². The Morgan fingerprint density at radius 2 is 1.60 bits per heavy atom. The van der Waals surface area contributed by atoms with E-state index in [0.717, 1.165) is 32.5 Å². The highest BCUT2D eigenvalue weighted by Crippen LogP contribution is 2.44. The van der Waals surface area contributed by atoms with Gasteiger partial charge in [0.2, 0.25) is 0 Å². The molecule has 0 saturated carbocycles. The molecule has 5 nitrogen and oxygen atoms in total. The van der Waals surface area contributed by atoms with Crippen LogP contribution in [0.15, 0.2) is 72.3 Å². The number of aromatic nitrogens is 1. The predicted molar refractivity (Wildman–Crippen MR) is 141 cm³/mol. The molecule has 1 atom stereocenters. The highest BCUT2D eigenvalue weighted by molar-refractivity contribution is 7.22. The lowest BCUT2D eigenvalue weighted by molar-refractivity contribution is -0.132. The van der Waals surface area contributed by atoms with E-state index in [2.05, 4.69) is 18.8 Å². The highest BCUT2D eigenvalue weighted by Gasteiger charge is 2.48. The van der Waals surface area contributed by atoms with Gasteiger partial charge in [-0.2, -0.15) is 0 Å². The molecular weight excluding hydrogens is 456 g/mol. The Labute approximate surface area is 208 Å². The molecule has 1 aliphatic heterocycles. The van der Waals surface area contributed by atoms with Crippen molar-refractivity contribution in [2.24, 2.45) is 0 Å². The largest absolute Gasteiger partial charge is 0.507 e. The molecule has 0 bridgehead atoms. The molecule has 1 aliphatic rings. The molecule has 5 rings (SSSR count). The molecule has 0 unspecified atom stereocenters. The standard InChI is InChI=1S/C29H26N2O3S/c1-16(2)19-10-12-20(13-11-19)25-24(26(32)21-8-5-17(3)6-9-21)27(33)28(34)31(25)29-30-22-14-7-18(4)15-23(22)35-29/h5-16,25,32H,1-4H3/t25-/m1/s1. The maximum absolute atomic E-state index is 13.4. The van der Waals surface area contributed by atoms with Gasteiger partial charge in [-0.1, -0.05) is 85.3 Å². The number of aryl methyl sites for hydroxylation is 2. The summed E-state index contributed by atoms with van der Waals surface area (Å²) in [6, 6.07) is 20.3. The smallest absolute Gasteiger partial charge is 0.301 e. The minimum Gasteiger partial charge on any atom is -0.507 e. The number of thiazole rings is 1. The number of Topliss-reactive ketones (excluding diaryl/α,β-unsaturated/α-hetero) is 1. The zero-order chi connectivity index (χ0) is 24.9. The quantitative estimate of drug-likeness (QED) is 0.200. The second kappa shape index (κ2) is 8.78. The summed E-state index contributed by atoms with van der Waals surface area (Å²) < 4.78 is 0.939. The number of benzene rings is 3. The van der Waals surface area contributed by atoms with Crippen LogP contribution in [0.1, 0.15) is 53.6 Å². The van der Waals surface area contributed by atoms with Crippen LogP contribution in [-0.2, 0) is 9.59 Å². The van der Waals surface area contributed by atoms with Gasteiger partial charge in [-0.15, -0.1) is 0 Å². The van der Waals surface area contributed by atoms with Crippen molar-refractivity contribution in [1.82, 2.24) is 4.98 Å². The number of hydrogen-bond acceptors (Lipinski definition) is 5. The molecular formula is C29H26N2O3S. The third-order valence-corrected chi connectivity index (χ3v) is 7.44. The number of nitrogens with zero attached hydrogens (tertiary/aromatic N) is 2. The minimum atomic E-state index is -0.779. The lowest BCUT2D eigenvalue weighted by Crippen LogP contribution is -2.29. The number of aliphatic hydroxyl groups is 1. The molecule has 2 heterocycles. The molecule has 0 aliphatic carbocycles. The summed E-state index contributed by atoms with van der Waals surface area (Å²) in [5, 5.41) is 11.7. The Hall–Kier alpha value is -3.77. The molecule has 6 heteroatoms. The molecule has 0 radical (unpaired) electrons. The minimum absolute atomic E-state index is 0.0755. The van der Waals surface area contributed by atoms with Gasteiger partial charge in [0.25, 0.3) is 5.78 Å². The van der Waals surface area contributed by atoms with E-state index in [9.17, 15) is 14.7 Å². The van der Waals surface area contributed by atoms with E-state index < -0.39 is 17.7 Å². The summed E-state index contributed by atoms with van der Waals surface area (Å²) in [6.07, 6.45) is 0. The Bertz CT molecular complexity index is 1480. The fourth-order valence-electron chi connectivity index (χ4n) is 4.40. The number of carbonyl (C=O) groups is 2. The summed E-state index contributed by atoms with van der Waals surface area (Å²) in [6.45, 7) is 8.18. The normalized spacial score (nSPS) is 17.6. The van der Waals surface area contributed by atoms with Gasteiger partial charge < -0.3 is 5.11 Å². The number of aliphatic hydroxyl groups excluding tert-OH is 1. The number of hydrogen-bond donors (Lipinski definition) is 1. The van der Waals surface area contributed by atoms with Gasteiger partial charge in [0.05, 0.1) is 21.8 Å². The van der Waals surface area contributed by atoms with E-state index in [1.165, 1.54) is 16.2 Å². The van der Waals surface area contributed by atoms with E-state index in [4.69, 9.17) is 0 Å². The molecule has 4 aromatic rings. The lowest BCUT2D eigenvalue weighted by Gasteiger charge is -2.23. The molecule has 176 valence electrons. The van der Waals surface area contributed by atoms with Crippen molar-refractivity contribution in [3.63, 3.8) is 0 Å². The molecule has 3 aromatic carbocycles. The van der Waals surface area contributed by atoms with Crippen LogP contribution < -0.4 is 4.90 Å². The molecule has 1 N–H and O–H groups in total. The first-order valence-electron chi connectivity index (χ1n) is 11.6. The SMILES string of the molecule is Cc1ccc(C(O)=C2C(=O)C(=O)N(c3nc4ccc(C)cc4s3)[C@@H]2c2ccc(C(C)C)cc2)cc1. The van der Waals surface area contributed by atoms with Gasteiger partial charge in [-0.25, -0.2) is 4.98 Å². The second-order valence-electron chi connectivity index (χ2n) is 9.32. The van der Waals surface area contributed by atoms with Crippen LogP contribution in [0.4, 0.5) is 5.13 Å². The topological polar surface area (TPSA) is 70.5 Å². The maximum Gasteiger partial charge on any atom is 0.301 e. The van der Waals surface area contributed by atoms with Crippen LogP contribution in [-0.4, -0.2) is 21.8 Å². The number of anilines is 1. The van der Waals surface area contributed by atoms with E-state index in [1.807, 2.05) is 68.4 Å². The number of fused-ring (bicyclic) bond motifs is 1. The fraction of sp³-hybridized carbons (Fsp3) is 0.207. The average Bonchev–Trinajstić information content (AvgIpc) is 3.37. The first-order valence-corrected chi connectivity index (χ1v) is 12.4. The first-order chi connectivity index (χ1) is 16.7. The first kappa shape index (κ1) is 23.0. The number of ketones is 1. The second-order valence-corrected chi connectivity index (χ2v) is 10.3. The van der Waals surface area contributed by atoms with E-state index in [1.54, 1.807) is 12.1 Å². The predicted octanol–water partition coefficient (Wildman–Crippen LogP) is 6.66. The van der Waals surface area contributed by atoms with Gasteiger partial charge in [0.1, 0.15) is 5.76 Å². The third-order valence-electron chi connectivity index (χ3n) is 6.43. The molecule has 1 aromatic heterocycles. The van der Waals surface area contributed by atoms with Crippen molar-refractivity contribution in [3.8, 4) is 0 Å². The zero-order valence-electron chi connectivity index (χ0n) is 20.1. The van der Waals surface area contributed by atoms with Crippen molar-refractivity contribution in [2.75, 3.05) is 4.90 Å². The van der Waals surface area contributed by atoms with Crippen LogP contribution in [0.2, 0.25) is 0 Å². The van der Waals surface area contributed by atoms with Gasteiger partial charge in [-0.3, -0.25) is 14.5 Å². The van der Waals surface area contributed by atoms with Crippen LogP contribution >= 0.6 is 11.3 Å². The van der Waals surface area contributed by atoms with E-state index in [-0.39, 0.29) is 11.3 Å². The van der Waals surface area contributed by atoms with Gasteiger partial charge >= 0.3 is 5.91 Å². The molecule has 0 spiro atoms. The summed E-state index contributed by atoms with van der Waals surface area (Å²) in [7, 11) is 0. The fourth-order valence-corrected chi connectivity index (χ4v) is 5.49. The van der Waals surface area contributed by atoms with Crippen molar-refractivity contribution >= 4 is 44.1 Å². The van der Waals surface area contributed by atoms with Crippen LogP contribution in [0.3, 0.4) is 0 Å². The molecule has 1 amide bonds. The zero-order valence-corrected chi connectivity index (χ0v) is 20.9. The van der Waals surface area contributed by atoms with Crippen LogP contribution in [0.25, 0.3) is 16.0 Å². The summed E-state index contributed by atoms with van der Waals surface area (Å²) in [5.74, 6) is -1.24. The summed E-state index contributed by atoms with van der Waals surface area (Å²) in [4.78, 5) is 32.9. The van der Waals surface area contributed by atoms with Crippen LogP contribution in [0, 0.1) is 13.8 Å².